The van der Waals surface area contributed by atoms with Crippen LogP contribution in [0.25, 0.3) is 11.3 Å². The van der Waals surface area contributed by atoms with Gasteiger partial charge in [-0.05, 0) is 42.0 Å². The Morgan fingerprint density at radius 1 is 1.14 bits per heavy atom. The predicted octanol–water partition coefficient (Wildman–Crippen LogP) is 4.05. The molecule has 4 nitrogen and oxygen atoms in total. The number of anilines is 1. The number of aromatic hydroxyl groups is 1. The predicted molar refractivity (Wildman–Crippen MR) is 84.5 cm³/mol. The molecule has 1 heterocycles. The molecular weight excluding hydrogens is 286 g/mol. The molecule has 1 aromatic heterocycles. The van der Waals surface area contributed by atoms with Crippen LogP contribution >= 0.6 is 11.6 Å². The number of rotatable bonds is 4. The lowest BCUT2D eigenvalue weighted by Crippen LogP contribution is -1.99. The first kappa shape index (κ1) is 13.5. The van der Waals surface area contributed by atoms with Crippen molar-refractivity contribution in [3.63, 3.8) is 0 Å². The highest BCUT2D eigenvalue weighted by Crippen LogP contribution is 2.23. The molecule has 106 valence electrons. The first-order valence-electron chi connectivity index (χ1n) is 6.53. The number of benzene rings is 2. The summed E-state index contributed by atoms with van der Waals surface area (Å²) in [6.07, 6.45) is 1.73. The first-order chi connectivity index (χ1) is 10.2. The van der Waals surface area contributed by atoms with E-state index in [1.807, 2.05) is 36.4 Å². The van der Waals surface area contributed by atoms with Crippen LogP contribution < -0.4 is 5.32 Å². The van der Waals surface area contributed by atoms with Gasteiger partial charge in [-0.2, -0.15) is 5.10 Å². The number of phenolic OH excluding ortho intramolecular Hbond substituents is 1. The van der Waals surface area contributed by atoms with Crippen LogP contribution in [-0.4, -0.2) is 15.3 Å². The molecule has 0 amide bonds. The van der Waals surface area contributed by atoms with Crippen LogP contribution in [0, 0.1) is 0 Å². The molecule has 0 fully saturated rings. The summed E-state index contributed by atoms with van der Waals surface area (Å²) in [5.41, 5.74) is 3.94. The van der Waals surface area contributed by atoms with Crippen LogP contribution in [0.2, 0.25) is 5.02 Å². The van der Waals surface area contributed by atoms with Gasteiger partial charge in [-0.1, -0.05) is 23.7 Å². The third kappa shape index (κ3) is 3.35. The monoisotopic (exact) mass is 299 g/mol. The topological polar surface area (TPSA) is 60.9 Å². The van der Waals surface area contributed by atoms with E-state index in [9.17, 15) is 5.11 Å². The summed E-state index contributed by atoms with van der Waals surface area (Å²) in [7, 11) is 0. The van der Waals surface area contributed by atoms with Crippen molar-refractivity contribution in [3.05, 3.63) is 65.3 Å². The second kappa shape index (κ2) is 5.89. The summed E-state index contributed by atoms with van der Waals surface area (Å²) in [5, 5.41) is 20.3. The molecule has 5 heteroatoms. The molecule has 0 atom stereocenters. The molecule has 0 saturated heterocycles. The van der Waals surface area contributed by atoms with Gasteiger partial charge >= 0.3 is 0 Å². The number of aromatic amines is 1. The maximum atomic E-state index is 9.54. The van der Waals surface area contributed by atoms with Gasteiger partial charge in [-0.3, -0.25) is 5.10 Å². The lowest BCUT2D eigenvalue weighted by atomic mass is 10.1. The summed E-state index contributed by atoms with van der Waals surface area (Å²) in [6.45, 7) is 0.584. The van der Waals surface area contributed by atoms with Crippen molar-refractivity contribution in [1.29, 1.82) is 0 Å². The number of hydrogen-bond acceptors (Lipinski definition) is 3. The van der Waals surface area contributed by atoms with Gasteiger partial charge in [0, 0.05) is 29.0 Å². The SMILES string of the molecule is Oc1cc(Cl)cc(CNc2cccc(-c3ccn[nH]3)c2)c1. The van der Waals surface area contributed by atoms with Crippen LogP contribution in [0.1, 0.15) is 5.56 Å². The number of H-pyrrole nitrogens is 1. The molecule has 0 aliphatic rings. The zero-order valence-electron chi connectivity index (χ0n) is 11.2. The highest BCUT2D eigenvalue weighted by molar-refractivity contribution is 6.30. The maximum Gasteiger partial charge on any atom is 0.117 e. The smallest absolute Gasteiger partial charge is 0.117 e. The molecule has 3 rings (SSSR count). The van der Waals surface area contributed by atoms with E-state index < -0.39 is 0 Å². The molecule has 0 saturated carbocycles. The Labute approximate surface area is 127 Å². The van der Waals surface area contributed by atoms with Crippen LogP contribution in [0.15, 0.2) is 54.7 Å². The van der Waals surface area contributed by atoms with E-state index >= 15 is 0 Å². The van der Waals surface area contributed by atoms with Gasteiger partial charge in [0.15, 0.2) is 0 Å². The number of halogens is 1. The van der Waals surface area contributed by atoms with Gasteiger partial charge in [0.1, 0.15) is 5.75 Å². The average Bonchev–Trinajstić information content (AvgIpc) is 2.99. The fraction of sp³-hybridized carbons (Fsp3) is 0.0625. The molecular formula is C16H14ClN3O. The lowest BCUT2D eigenvalue weighted by molar-refractivity contribution is 0.474. The number of nitrogens with one attached hydrogen (secondary N) is 2. The second-order valence-electron chi connectivity index (χ2n) is 4.72. The molecule has 2 aromatic carbocycles. The fourth-order valence-electron chi connectivity index (χ4n) is 2.15. The molecule has 0 spiro atoms. The summed E-state index contributed by atoms with van der Waals surface area (Å²) < 4.78 is 0. The molecule has 21 heavy (non-hydrogen) atoms. The largest absolute Gasteiger partial charge is 0.508 e. The minimum absolute atomic E-state index is 0.172. The summed E-state index contributed by atoms with van der Waals surface area (Å²) in [5.74, 6) is 0.172. The molecule has 0 aliphatic carbocycles. The van der Waals surface area contributed by atoms with Crippen LogP contribution in [0.4, 0.5) is 5.69 Å². The quantitative estimate of drug-likeness (QED) is 0.681. The minimum Gasteiger partial charge on any atom is -0.508 e. The van der Waals surface area contributed by atoms with E-state index in [0.717, 1.165) is 22.5 Å². The van der Waals surface area contributed by atoms with Crippen molar-refractivity contribution < 1.29 is 5.11 Å². The Kier molecular flexibility index (Phi) is 3.79. The standard InChI is InChI=1S/C16H14ClN3O/c17-13-6-11(7-15(21)9-13)10-18-14-3-1-2-12(8-14)16-4-5-19-20-16/h1-9,18,21H,10H2,(H,19,20). The normalized spacial score (nSPS) is 10.5. The summed E-state index contributed by atoms with van der Waals surface area (Å²) in [6, 6.07) is 15.0. The van der Waals surface area contributed by atoms with E-state index in [0.29, 0.717) is 11.6 Å². The maximum absolute atomic E-state index is 9.54. The summed E-state index contributed by atoms with van der Waals surface area (Å²) in [4.78, 5) is 0. The molecule has 0 unspecified atom stereocenters. The van der Waals surface area contributed by atoms with Crippen LogP contribution in [0.5, 0.6) is 5.75 Å². The molecule has 0 bridgehead atoms. The number of phenols is 1. The number of aromatic nitrogens is 2. The fourth-order valence-corrected chi connectivity index (χ4v) is 2.40. The Morgan fingerprint density at radius 3 is 2.81 bits per heavy atom. The number of hydrogen-bond donors (Lipinski definition) is 3. The highest BCUT2D eigenvalue weighted by Gasteiger charge is 2.02. The first-order valence-corrected chi connectivity index (χ1v) is 6.90. The molecule has 3 N–H and O–H groups in total. The van der Waals surface area contributed by atoms with Crippen molar-refractivity contribution in [1.82, 2.24) is 10.2 Å². The van der Waals surface area contributed by atoms with Gasteiger partial charge in [0.05, 0.1) is 5.69 Å². The number of nitrogens with zero attached hydrogens (tertiary/aromatic N) is 1. The van der Waals surface area contributed by atoms with Gasteiger partial charge in [-0.25, -0.2) is 0 Å². The van der Waals surface area contributed by atoms with Crippen molar-refractivity contribution >= 4 is 17.3 Å². The van der Waals surface area contributed by atoms with Gasteiger partial charge in [0.25, 0.3) is 0 Å². The van der Waals surface area contributed by atoms with Crippen molar-refractivity contribution in [2.75, 3.05) is 5.32 Å². The van der Waals surface area contributed by atoms with Gasteiger partial charge in [0.2, 0.25) is 0 Å². The third-order valence-corrected chi connectivity index (χ3v) is 3.33. The van der Waals surface area contributed by atoms with Crippen molar-refractivity contribution in [2.45, 2.75) is 6.54 Å². The second-order valence-corrected chi connectivity index (χ2v) is 5.16. The van der Waals surface area contributed by atoms with Gasteiger partial charge < -0.3 is 10.4 Å². The zero-order chi connectivity index (χ0) is 14.7. The van der Waals surface area contributed by atoms with E-state index in [-0.39, 0.29) is 5.75 Å². The lowest BCUT2D eigenvalue weighted by Gasteiger charge is -2.09. The Balaban J connectivity index is 1.75. The summed E-state index contributed by atoms with van der Waals surface area (Å²) >= 11 is 5.93. The molecule has 0 radical (unpaired) electrons. The van der Waals surface area contributed by atoms with E-state index in [4.69, 9.17) is 11.6 Å². The minimum atomic E-state index is 0.172. The Morgan fingerprint density at radius 2 is 2.05 bits per heavy atom. The van der Waals surface area contributed by atoms with Crippen LogP contribution in [0.3, 0.4) is 0 Å². The third-order valence-electron chi connectivity index (χ3n) is 3.11. The van der Waals surface area contributed by atoms with Crippen molar-refractivity contribution in [3.8, 4) is 17.0 Å². The van der Waals surface area contributed by atoms with Crippen molar-refractivity contribution in [2.24, 2.45) is 0 Å². The highest BCUT2D eigenvalue weighted by atomic mass is 35.5. The molecule has 3 aromatic rings. The Hall–Kier alpha value is -2.46. The van der Waals surface area contributed by atoms with E-state index in [1.165, 1.54) is 6.07 Å². The van der Waals surface area contributed by atoms with Gasteiger partial charge in [-0.15, -0.1) is 0 Å². The zero-order valence-corrected chi connectivity index (χ0v) is 11.9. The molecule has 0 aliphatic heterocycles. The van der Waals surface area contributed by atoms with E-state index in [1.54, 1.807) is 12.3 Å². The average molecular weight is 300 g/mol. The van der Waals surface area contributed by atoms with Crippen LogP contribution in [-0.2, 0) is 6.54 Å². The Bertz CT molecular complexity index is 721. The van der Waals surface area contributed by atoms with E-state index in [2.05, 4.69) is 15.5 Å².